The molecular weight excluding hydrogens is 556 g/mol. The Kier molecular flexibility index (Phi) is 10.6. The van der Waals surface area contributed by atoms with Crippen molar-refractivity contribution in [2.45, 2.75) is 44.2 Å². The number of carbonyl (C=O) groups is 2. The van der Waals surface area contributed by atoms with E-state index < -0.39 is 33.4 Å². The SMILES string of the molecule is CCCNC(=O)C(CC)N(Cc1ccccc1Cl)C(=O)CN(c1cccc([N+](=O)[O-])c1)S(=O)(=O)c1ccccc1. The first-order valence-corrected chi connectivity index (χ1v) is 14.5. The van der Waals surface area contributed by atoms with E-state index in [9.17, 15) is 28.1 Å². The van der Waals surface area contributed by atoms with Crippen LogP contribution in [0.3, 0.4) is 0 Å². The number of nitrogens with one attached hydrogen (secondary N) is 1. The maximum atomic E-state index is 14.0. The number of amides is 2. The van der Waals surface area contributed by atoms with Crippen LogP contribution >= 0.6 is 11.6 Å². The highest BCUT2D eigenvalue weighted by molar-refractivity contribution is 7.92. The van der Waals surface area contributed by atoms with Gasteiger partial charge in [-0.15, -0.1) is 0 Å². The number of sulfonamides is 1. The van der Waals surface area contributed by atoms with Crippen molar-refractivity contribution in [3.05, 3.63) is 99.6 Å². The van der Waals surface area contributed by atoms with Crippen LogP contribution in [0.5, 0.6) is 0 Å². The molecule has 3 aromatic carbocycles. The smallest absolute Gasteiger partial charge is 0.271 e. The summed E-state index contributed by atoms with van der Waals surface area (Å²) in [4.78, 5) is 39.1. The summed E-state index contributed by atoms with van der Waals surface area (Å²) in [5.74, 6) is -1.05. The van der Waals surface area contributed by atoms with Crippen molar-refractivity contribution in [1.82, 2.24) is 10.2 Å². The minimum atomic E-state index is -4.34. The molecule has 0 aromatic heterocycles. The summed E-state index contributed by atoms with van der Waals surface area (Å²) in [6, 6.07) is 18.5. The molecule has 10 nitrogen and oxygen atoms in total. The van der Waals surface area contributed by atoms with Gasteiger partial charge in [0.05, 0.1) is 15.5 Å². The fourth-order valence-electron chi connectivity index (χ4n) is 4.11. The van der Waals surface area contributed by atoms with Crippen molar-refractivity contribution in [1.29, 1.82) is 0 Å². The first-order chi connectivity index (χ1) is 19.1. The molecule has 12 heteroatoms. The Hall–Kier alpha value is -3.96. The normalized spacial score (nSPS) is 11.9. The van der Waals surface area contributed by atoms with E-state index in [2.05, 4.69) is 5.32 Å². The lowest BCUT2D eigenvalue weighted by Crippen LogP contribution is -2.52. The van der Waals surface area contributed by atoms with Crippen LogP contribution in [-0.2, 0) is 26.2 Å². The molecule has 1 unspecified atom stereocenters. The van der Waals surface area contributed by atoms with Crippen molar-refractivity contribution in [3.63, 3.8) is 0 Å². The third kappa shape index (κ3) is 7.36. The molecule has 0 aliphatic rings. The van der Waals surface area contributed by atoms with Gasteiger partial charge in [0.1, 0.15) is 12.6 Å². The molecule has 0 spiro atoms. The zero-order valence-electron chi connectivity index (χ0n) is 22.2. The third-order valence-electron chi connectivity index (χ3n) is 6.17. The summed E-state index contributed by atoms with van der Waals surface area (Å²) in [6.45, 7) is 3.30. The Morgan fingerprint density at radius 2 is 1.68 bits per heavy atom. The van der Waals surface area contributed by atoms with Crippen LogP contribution in [0, 0.1) is 10.1 Å². The number of non-ortho nitro benzene ring substituents is 1. The van der Waals surface area contributed by atoms with Crippen molar-refractivity contribution in [2.75, 3.05) is 17.4 Å². The molecule has 0 aliphatic carbocycles. The molecular formula is C28H31ClN4O6S. The van der Waals surface area contributed by atoms with Gasteiger partial charge in [-0.3, -0.25) is 24.0 Å². The quantitative estimate of drug-likeness (QED) is 0.227. The van der Waals surface area contributed by atoms with E-state index in [1.54, 1.807) is 37.3 Å². The largest absolute Gasteiger partial charge is 0.354 e. The molecule has 0 radical (unpaired) electrons. The molecule has 1 atom stereocenters. The summed E-state index contributed by atoms with van der Waals surface area (Å²) < 4.78 is 28.4. The Bertz CT molecular complexity index is 1450. The molecule has 2 amide bonds. The summed E-state index contributed by atoms with van der Waals surface area (Å²) >= 11 is 6.38. The van der Waals surface area contributed by atoms with Crippen LogP contribution in [0.1, 0.15) is 32.3 Å². The lowest BCUT2D eigenvalue weighted by Gasteiger charge is -2.33. The van der Waals surface area contributed by atoms with E-state index in [1.165, 1.54) is 47.4 Å². The van der Waals surface area contributed by atoms with Gasteiger partial charge in [-0.1, -0.05) is 67.9 Å². The molecule has 0 saturated carbocycles. The van der Waals surface area contributed by atoms with Crippen molar-refractivity contribution in [2.24, 2.45) is 0 Å². The predicted molar refractivity (Wildman–Crippen MR) is 153 cm³/mol. The van der Waals surface area contributed by atoms with Crippen LogP contribution in [0.25, 0.3) is 0 Å². The molecule has 40 heavy (non-hydrogen) atoms. The first kappa shape index (κ1) is 30.6. The Morgan fingerprint density at radius 1 is 1.00 bits per heavy atom. The highest BCUT2D eigenvalue weighted by atomic mass is 35.5. The molecule has 0 fully saturated rings. The number of nitrogens with zero attached hydrogens (tertiary/aromatic N) is 3. The number of nitro benzene ring substituents is 1. The lowest BCUT2D eigenvalue weighted by atomic mass is 10.1. The summed E-state index contributed by atoms with van der Waals surface area (Å²) in [7, 11) is -4.34. The molecule has 3 aromatic rings. The van der Waals surface area contributed by atoms with Crippen molar-refractivity contribution < 1.29 is 22.9 Å². The first-order valence-electron chi connectivity index (χ1n) is 12.7. The van der Waals surface area contributed by atoms with E-state index in [1.807, 2.05) is 6.92 Å². The van der Waals surface area contributed by atoms with Crippen LogP contribution in [0.15, 0.2) is 83.8 Å². The van der Waals surface area contributed by atoms with Gasteiger partial charge >= 0.3 is 0 Å². The van der Waals surface area contributed by atoms with Crippen molar-refractivity contribution in [3.8, 4) is 0 Å². The molecule has 212 valence electrons. The number of rotatable bonds is 13. The van der Waals surface area contributed by atoms with Gasteiger partial charge in [0.25, 0.3) is 15.7 Å². The van der Waals surface area contributed by atoms with Gasteiger partial charge in [0.15, 0.2) is 0 Å². The Labute approximate surface area is 238 Å². The monoisotopic (exact) mass is 586 g/mol. The number of hydrogen-bond acceptors (Lipinski definition) is 6. The minimum absolute atomic E-state index is 0.0509. The van der Waals surface area contributed by atoms with E-state index in [0.717, 1.165) is 10.4 Å². The average molecular weight is 587 g/mol. The maximum Gasteiger partial charge on any atom is 0.271 e. The van der Waals surface area contributed by atoms with Crippen molar-refractivity contribution >= 4 is 44.8 Å². The third-order valence-corrected chi connectivity index (χ3v) is 8.33. The summed E-state index contributed by atoms with van der Waals surface area (Å²) in [5.41, 5.74) is 0.177. The van der Waals surface area contributed by atoms with Gasteiger partial charge in [0, 0.05) is 30.2 Å². The van der Waals surface area contributed by atoms with Gasteiger partial charge in [-0.2, -0.15) is 0 Å². The van der Waals surface area contributed by atoms with E-state index in [4.69, 9.17) is 11.6 Å². The molecule has 0 bridgehead atoms. The topological polar surface area (TPSA) is 130 Å². The molecule has 0 heterocycles. The van der Waals surface area contributed by atoms with Gasteiger partial charge < -0.3 is 10.2 Å². The van der Waals surface area contributed by atoms with E-state index in [0.29, 0.717) is 23.6 Å². The second kappa shape index (κ2) is 13.9. The van der Waals surface area contributed by atoms with Crippen LogP contribution < -0.4 is 9.62 Å². The maximum absolute atomic E-state index is 14.0. The number of benzene rings is 3. The predicted octanol–water partition coefficient (Wildman–Crippen LogP) is 4.78. The molecule has 3 rings (SSSR count). The lowest BCUT2D eigenvalue weighted by molar-refractivity contribution is -0.384. The standard InChI is InChI=1S/C28H31ClN4O6S/c1-3-17-30-28(35)26(4-2)31(19-21-11-8-9-16-25(21)29)27(34)20-32(22-12-10-13-23(18-22)33(36)37)40(38,39)24-14-6-5-7-15-24/h5-16,18,26H,3-4,17,19-20H2,1-2H3,(H,30,35). The number of halogens is 1. The highest BCUT2D eigenvalue weighted by Crippen LogP contribution is 2.28. The highest BCUT2D eigenvalue weighted by Gasteiger charge is 2.34. The summed E-state index contributed by atoms with van der Waals surface area (Å²) in [5, 5.41) is 14.6. The Balaban J connectivity index is 2.09. The average Bonchev–Trinajstić information content (AvgIpc) is 2.95. The zero-order chi connectivity index (χ0) is 29.3. The number of nitro groups is 1. The number of hydrogen-bond donors (Lipinski definition) is 1. The zero-order valence-corrected chi connectivity index (χ0v) is 23.8. The molecule has 0 saturated heterocycles. The number of anilines is 1. The van der Waals surface area contributed by atoms with Gasteiger partial charge in [-0.05, 0) is 42.7 Å². The fraction of sp³-hybridized carbons (Fsp3) is 0.286. The fourth-order valence-corrected chi connectivity index (χ4v) is 5.73. The van der Waals surface area contributed by atoms with Crippen LogP contribution in [0.2, 0.25) is 5.02 Å². The molecule has 1 N–H and O–H groups in total. The second-order valence-corrected chi connectivity index (χ2v) is 11.2. The summed E-state index contributed by atoms with van der Waals surface area (Å²) in [6.07, 6.45) is 0.949. The minimum Gasteiger partial charge on any atom is -0.354 e. The van der Waals surface area contributed by atoms with Crippen LogP contribution in [-0.4, -0.2) is 49.2 Å². The Morgan fingerprint density at radius 3 is 2.30 bits per heavy atom. The molecule has 0 aliphatic heterocycles. The van der Waals surface area contributed by atoms with E-state index >= 15 is 0 Å². The number of carbonyl (C=O) groups excluding carboxylic acids is 2. The van der Waals surface area contributed by atoms with Gasteiger partial charge in [-0.25, -0.2) is 8.42 Å². The van der Waals surface area contributed by atoms with Gasteiger partial charge in [0.2, 0.25) is 11.8 Å². The van der Waals surface area contributed by atoms with Crippen LogP contribution in [0.4, 0.5) is 11.4 Å². The second-order valence-electron chi connectivity index (χ2n) is 8.93. The van der Waals surface area contributed by atoms with E-state index in [-0.39, 0.29) is 35.1 Å².